The van der Waals surface area contributed by atoms with Gasteiger partial charge in [0.05, 0.1) is 5.56 Å². The molecular formula is C14H16F3NO. The maximum atomic E-state index is 12.5. The third-order valence-electron chi connectivity index (χ3n) is 3.76. The third kappa shape index (κ3) is 2.74. The van der Waals surface area contributed by atoms with Crippen LogP contribution in [0, 0.1) is 5.41 Å². The lowest BCUT2D eigenvalue weighted by atomic mass is 9.78. The van der Waals surface area contributed by atoms with E-state index in [9.17, 15) is 18.0 Å². The summed E-state index contributed by atoms with van der Waals surface area (Å²) in [6.45, 7) is 5.24. The van der Waals surface area contributed by atoms with E-state index in [1.807, 2.05) is 13.8 Å². The highest BCUT2D eigenvalue weighted by molar-refractivity contribution is 5.49. The highest BCUT2D eigenvalue weighted by Crippen LogP contribution is 2.42. The lowest BCUT2D eigenvalue weighted by Gasteiger charge is -2.25. The van der Waals surface area contributed by atoms with Gasteiger partial charge < -0.3 is 4.90 Å². The Balaban J connectivity index is 2.25. The van der Waals surface area contributed by atoms with Gasteiger partial charge in [0, 0.05) is 19.0 Å². The zero-order valence-electron chi connectivity index (χ0n) is 10.9. The maximum absolute atomic E-state index is 12.5. The van der Waals surface area contributed by atoms with Gasteiger partial charge in [-0.2, -0.15) is 13.2 Å². The Kier molecular flexibility index (Phi) is 3.32. The zero-order valence-corrected chi connectivity index (χ0v) is 10.9. The minimum absolute atomic E-state index is 0.0694. The van der Waals surface area contributed by atoms with E-state index in [0.29, 0.717) is 13.1 Å². The van der Waals surface area contributed by atoms with Crippen molar-refractivity contribution in [1.82, 2.24) is 4.90 Å². The Morgan fingerprint density at radius 2 is 1.84 bits per heavy atom. The largest absolute Gasteiger partial charge is 0.416 e. The summed E-state index contributed by atoms with van der Waals surface area (Å²) < 4.78 is 37.5. The van der Waals surface area contributed by atoms with Gasteiger partial charge in [-0.3, -0.25) is 4.79 Å². The van der Waals surface area contributed by atoms with Crippen molar-refractivity contribution >= 4 is 6.41 Å². The minimum atomic E-state index is -4.31. The van der Waals surface area contributed by atoms with E-state index in [4.69, 9.17) is 0 Å². The van der Waals surface area contributed by atoms with E-state index in [-0.39, 0.29) is 11.3 Å². The smallest absolute Gasteiger partial charge is 0.344 e. The molecule has 0 radical (unpaired) electrons. The number of carbonyl (C=O) groups excluding carboxylic acids is 1. The van der Waals surface area contributed by atoms with Gasteiger partial charge in [0.1, 0.15) is 0 Å². The summed E-state index contributed by atoms with van der Waals surface area (Å²) in [5.41, 5.74) is 0.0855. The van der Waals surface area contributed by atoms with E-state index >= 15 is 0 Å². The molecule has 1 aliphatic rings. The van der Waals surface area contributed by atoms with Gasteiger partial charge in [0.2, 0.25) is 6.41 Å². The van der Waals surface area contributed by atoms with Crippen LogP contribution >= 0.6 is 0 Å². The molecule has 0 spiro atoms. The molecule has 104 valence electrons. The first-order valence-electron chi connectivity index (χ1n) is 6.10. The van der Waals surface area contributed by atoms with E-state index in [2.05, 4.69) is 0 Å². The highest BCUT2D eigenvalue weighted by atomic mass is 19.4. The van der Waals surface area contributed by atoms with Crippen LogP contribution in [-0.4, -0.2) is 24.4 Å². The summed E-state index contributed by atoms with van der Waals surface area (Å²) >= 11 is 0. The number of carbonyl (C=O) groups is 1. The van der Waals surface area contributed by atoms with Crippen LogP contribution < -0.4 is 0 Å². The second kappa shape index (κ2) is 4.54. The molecule has 1 aliphatic heterocycles. The first kappa shape index (κ1) is 13.9. The molecule has 1 amide bonds. The molecule has 2 nitrogen and oxygen atoms in total. The third-order valence-corrected chi connectivity index (χ3v) is 3.76. The molecule has 0 bridgehead atoms. The van der Waals surface area contributed by atoms with Crippen LogP contribution in [0.3, 0.4) is 0 Å². The van der Waals surface area contributed by atoms with Crippen LogP contribution in [0.4, 0.5) is 13.2 Å². The minimum Gasteiger partial charge on any atom is -0.344 e. The van der Waals surface area contributed by atoms with Gasteiger partial charge in [0.15, 0.2) is 0 Å². The molecule has 2 rings (SSSR count). The Bertz CT molecular complexity index is 465. The molecule has 1 aromatic carbocycles. The van der Waals surface area contributed by atoms with Crippen LogP contribution in [-0.2, 0) is 11.0 Å². The molecular weight excluding hydrogens is 255 g/mol. The summed E-state index contributed by atoms with van der Waals surface area (Å²) in [5.74, 6) is 0.0694. The molecule has 1 atom stereocenters. The van der Waals surface area contributed by atoms with Crippen molar-refractivity contribution in [2.45, 2.75) is 25.9 Å². The molecule has 0 aromatic heterocycles. The average molecular weight is 271 g/mol. The summed E-state index contributed by atoms with van der Waals surface area (Å²) in [6.07, 6.45) is -3.51. The molecule has 0 saturated carbocycles. The van der Waals surface area contributed by atoms with Gasteiger partial charge in [-0.15, -0.1) is 0 Å². The molecule has 19 heavy (non-hydrogen) atoms. The predicted molar refractivity (Wildman–Crippen MR) is 65.6 cm³/mol. The second-order valence-corrected chi connectivity index (χ2v) is 5.70. The van der Waals surface area contributed by atoms with Crippen LogP contribution in [0.25, 0.3) is 0 Å². The van der Waals surface area contributed by atoms with Gasteiger partial charge in [0.25, 0.3) is 0 Å². The van der Waals surface area contributed by atoms with Crippen LogP contribution in [0.5, 0.6) is 0 Å². The maximum Gasteiger partial charge on any atom is 0.416 e. The number of nitrogens with zero attached hydrogens (tertiary/aromatic N) is 1. The summed E-state index contributed by atoms with van der Waals surface area (Å²) in [7, 11) is 0. The van der Waals surface area contributed by atoms with Gasteiger partial charge in [-0.05, 0) is 23.1 Å². The molecule has 0 N–H and O–H groups in total. The Morgan fingerprint density at radius 1 is 1.26 bits per heavy atom. The van der Waals surface area contributed by atoms with E-state index in [1.165, 1.54) is 12.1 Å². The van der Waals surface area contributed by atoms with Crippen molar-refractivity contribution in [3.05, 3.63) is 35.4 Å². The van der Waals surface area contributed by atoms with Crippen molar-refractivity contribution in [3.63, 3.8) is 0 Å². The number of benzene rings is 1. The van der Waals surface area contributed by atoms with E-state index < -0.39 is 11.7 Å². The molecule has 1 saturated heterocycles. The first-order valence-corrected chi connectivity index (χ1v) is 6.10. The Labute approximate surface area is 110 Å². The average Bonchev–Trinajstić information content (AvgIpc) is 2.63. The number of likely N-dealkylation sites (tertiary alicyclic amines) is 1. The molecule has 0 aliphatic carbocycles. The quantitative estimate of drug-likeness (QED) is 0.756. The number of rotatable bonds is 2. The van der Waals surface area contributed by atoms with Crippen LogP contribution in [0.2, 0.25) is 0 Å². The number of hydrogen-bond acceptors (Lipinski definition) is 1. The monoisotopic (exact) mass is 271 g/mol. The fourth-order valence-electron chi connectivity index (χ4n) is 2.72. The van der Waals surface area contributed by atoms with Gasteiger partial charge >= 0.3 is 6.18 Å². The topological polar surface area (TPSA) is 20.3 Å². The SMILES string of the molecule is CC1(C)CN(C=O)C[C@H]1c1ccc(C(F)(F)F)cc1. The highest BCUT2D eigenvalue weighted by Gasteiger charge is 2.40. The Hall–Kier alpha value is -1.52. The normalized spacial score (nSPS) is 22.6. The van der Waals surface area contributed by atoms with Crippen molar-refractivity contribution in [2.24, 2.45) is 5.41 Å². The summed E-state index contributed by atoms with van der Waals surface area (Å²) in [4.78, 5) is 12.5. The van der Waals surface area contributed by atoms with Crippen molar-refractivity contribution in [2.75, 3.05) is 13.1 Å². The number of hydrogen-bond donors (Lipinski definition) is 0. The molecule has 1 fully saturated rings. The van der Waals surface area contributed by atoms with Crippen molar-refractivity contribution in [3.8, 4) is 0 Å². The molecule has 5 heteroatoms. The van der Waals surface area contributed by atoms with E-state index in [0.717, 1.165) is 24.1 Å². The van der Waals surface area contributed by atoms with Crippen molar-refractivity contribution < 1.29 is 18.0 Å². The van der Waals surface area contributed by atoms with Crippen LogP contribution in [0.1, 0.15) is 30.9 Å². The standard InChI is InChI=1S/C14H16F3NO/c1-13(2)8-18(9-19)7-12(13)10-3-5-11(6-4-10)14(15,16)17/h3-6,9,12H,7-8H2,1-2H3/t12-/m0/s1. The van der Waals surface area contributed by atoms with Crippen LogP contribution in [0.15, 0.2) is 24.3 Å². The number of halogens is 3. The van der Waals surface area contributed by atoms with Crippen molar-refractivity contribution in [1.29, 1.82) is 0 Å². The number of amides is 1. The zero-order chi connectivity index (χ0) is 14.3. The summed E-state index contributed by atoms with van der Waals surface area (Å²) in [5, 5.41) is 0. The van der Waals surface area contributed by atoms with E-state index in [1.54, 1.807) is 4.90 Å². The lowest BCUT2D eigenvalue weighted by Crippen LogP contribution is -2.22. The molecule has 1 aromatic rings. The molecule has 0 unspecified atom stereocenters. The predicted octanol–water partition coefficient (Wildman–Crippen LogP) is 3.29. The Morgan fingerprint density at radius 3 is 2.26 bits per heavy atom. The van der Waals surface area contributed by atoms with Gasteiger partial charge in [-0.25, -0.2) is 0 Å². The number of alkyl halides is 3. The lowest BCUT2D eigenvalue weighted by molar-refractivity contribution is -0.137. The fourth-order valence-corrected chi connectivity index (χ4v) is 2.72. The second-order valence-electron chi connectivity index (χ2n) is 5.70. The first-order chi connectivity index (χ1) is 8.74. The fraction of sp³-hybridized carbons (Fsp3) is 0.500. The summed E-state index contributed by atoms with van der Waals surface area (Å²) in [6, 6.07) is 5.25. The molecule has 1 heterocycles. The van der Waals surface area contributed by atoms with Gasteiger partial charge in [-0.1, -0.05) is 26.0 Å².